The van der Waals surface area contributed by atoms with Gasteiger partial charge in [0.25, 0.3) is 0 Å². The SMILES string of the molecule is COc1cncc(C2CCCC(N)C2)c1. The van der Waals surface area contributed by atoms with E-state index in [0.717, 1.165) is 18.6 Å². The van der Waals surface area contributed by atoms with E-state index in [4.69, 9.17) is 10.5 Å². The molecule has 1 aromatic rings. The average Bonchev–Trinajstić information content (AvgIpc) is 2.29. The summed E-state index contributed by atoms with van der Waals surface area (Å²) in [5, 5.41) is 0. The van der Waals surface area contributed by atoms with Crippen molar-refractivity contribution < 1.29 is 4.74 Å². The van der Waals surface area contributed by atoms with Gasteiger partial charge in [0, 0.05) is 12.2 Å². The molecule has 0 bridgehead atoms. The highest BCUT2D eigenvalue weighted by molar-refractivity contribution is 5.26. The molecule has 0 spiro atoms. The van der Waals surface area contributed by atoms with E-state index < -0.39 is 0 Å². The first-order valence-electron chi connectivity index (χ1n) is 5.54. The van der Waals surface area contributed by atoms with Crippen LogP contribution in [0, 0.1) is 0 Å². The summed E-state index contributed by atoms with van der Waals surface area (Å²) in [7, 11) is 1.67. The molecule has 1 fully saturated rings. The van der Waals surface area contributed by atoms with Crippen LogP contribution in [0.15, 0.2) is 18.5 Å². The molecule has 3 nitrogen and oxygen atoms in total. The Bertz CT molecular complexity index is 327. The van der Waals surface area contributed by atoms with Crippen LogP contribution in [-0.2, 0) is 0 Å². The van der Waals surface area contributed by atoms with E-state index in [0.29, 0.717) is 12.0 Å². The number of pyridine rings is 1. The molecule has 0 radical (unpaired) electrons. The first-order valence-corrected chi connectivity index (χ1v) is 5.54. The third kappa shape index (κ3) is 2.48. The minimum atomic E-state index is 0.356. The van der Waals surface area contributed by atoms with Gasteiger partial charge in [-0.1, -0.05) is 6.42 Å². The fourth-order valence-electron chi connectivity index (χ4n) is 2.30. The Kier molecular flexibility index (Phi) is 3.21. The van der Waals surface area contributed by atoms with E-state index in [1.807, 2.05) is 6.20 Å². The summed E-state index contributed by atoms with van der Waals surface area (Å²) in [5.41, 5.74) is 7.25. The monoisotopic (exact) mass is 206 g/mol. The minimum Gasteiger partial charge on any atom is -0.495 e. The molecule has 82 valence electrons. The molecule has 2 unspecified atom stereocenters. The lowest BCUT2D eigenvalue weighted by Gasteiger charge is -2.26. The third-order valence-electron chi connectivity index (χ3n) is 3.16. The van der Waals surface area contributed by atoms with Crippen LogP contribution in [0.25, 0.3) is 0 Å². The van der Waals surface area contributed by atoms with Crippen molar-refractivity contribution in [3.63, 3.8) is 0 Å². The van der Waals surface area contributed by atoms with E-state index in [1.54, 1.807) is 13.3 Å². The Morgan fingerprint density at radius 2 is 2.27 bits per heavy atom. The largest absolute Gasteiger partial charge is 0.495 e. The van der Waals surface area contributed by atoms with Crippen LogP contribution in [0.2, 0.25) is 0 Å². The second-order valence-corrected chi connectivity index (χ2v) is 4.28. The number of ether oxygens (including phenoxy) is 1. The number of hydrogen-bond acceptors (Lipinski definition) is 3. The molecule has 0 aliphatic heterocycles. The standard InChI is InChI=1S/C12H18N2O/c1-15-12-6-10(7-14-8-12)9-3-2-4-11(13)5-9/h6-9,11H,2-5,13H2,1H3. The molecule has 1 aliphatic rings. The summed E-state index contributed by atoms with van der Waals surface area (Å²) >= 11 is 0. The van der Waals surface area contributed by atoms with Crippen molar-refractivity contribution in [1.82, 2.24) is 4.98 Å². The molecular formula is C12H18N2O. The summed E-state index contributed by atoms with van der Waals surface area (Å²) in [5.74, 6) is 1.41. The molecule has 15 heavy (non-hydrogen) atoms. The molecular weight excluding hydrogens is 188 g/mol. The summed E-state index contributed by atoms with van der Waals surface area (Å²) in [6.45, 7) is 0. The zero-order valence-electron chi connectivity index (χ0n) is 9.15. The maximum Gasteiger partial charge on any atom is 0.137 e. The topological polar surface area (TPSA) is 48.1 Å². The van der Waals surface area contributed by atoms with Gasteiger partial charge in [-0.15, -0.1) is 0 Å². The van der Waals surface area contributed by atoms with Gasteiger partial charge < -0.3 is 10.5 Å². The highest BCUT2D eigenvalue weighted by Crippen LogP contribution is 2.32. The predicted octanol–water partition coefficient (Wildman–Crippen LogP) is 2.08. The Balaban J connectivity index is 2.13. The number of methoxy groups -OCH3 is 1. The molecule has 2 N–H and O–H groups in total. The molecule has 1 saturated carbocycles. The predicted molar refractivity (Wildman–Crippen MR) is 60.0 cm³/mol. The van der Waals surface area contributed by atoms with Crippen molar-refractivity contribution in [3.8, 4) is 5.75 Å². The zero-order chi connectivity index (χ0) is 10.7. The maximum atomic E-state index is 5.98. The van der Waals surface area contributed by atoms with Gasteiger partial charge in [-0.25, -0.2) is 0 Å². The summed E-state index contributed by atoms with van der Waals surface area (Å²) in [6, 6.07) is 2.44. The Hall–Kier alpha value is -1.09. The normalized spacial score (nSPS) is 26.3. The van der Waals surface area contributed by atoms with Gasteiger partial charge in [0.05, 0.1) is 13.3 Å². The molecule has 3 heteroatoms. The second-order valence-electron chi connectivity index (χ2n) is 4.28. The molecule has 1 aromatic heterocycles. The van der Waals surface area contributed by atoms with Crippen LogP contribution >= 0.6 is 0 Å². The second kappa shape index (κ2) is 4.62. The van der Waals surface area contributed by atoms with Crippen molar-refractivity contribution in [3.05, 3.63) is 24.0 Å². The summed E-state index contributed by atoms with van der Waals surface area (Å²) in [6.07, 6.45) is 8.37. The Morgan fingerprint density at radius 1 is 1.40 bits per heavy atom. The number of nitrogens with zero attached hydrogens (tertiary/aromatic N) is 1. The Labute approximate surface area is 90.7 Å². The van der Waals surface area contributed by atoms with Gasteiger partial charge in [-0.3, -0.25) is 4.98 Å². The van der Waals surface area contributed by atoms with E-state index >= 15 is 0 Å². The Morgan fingerprint density at radius 3 is 3.00 bits per heavy atom. The highest BCUT2D eigenvalue weighted by Gasteiger charge is 2.21. The van der Waals surface area contributed by atoms with E-state index in [9.17, 15) is 0 Å². The molecule has 0 aromatic carbocycles. The van der Waals surface area contributed by atoms with E-state index in [1.165, 1.54) is 18.4 Å². The van der Waals surface area contributed by atoms with Gasteiger partial charge in [0.2, 0.25) is 0 Å². The first kappa shape index (κ1) is 10.4. The lowest BCUT2D eigenvalue weighted by molar-refractivity contribution is 0.387. The van der Waals surface area contributed by atoms with Crippen molar-refractivity contribution in [2.24, 2.45) is 5.73 Å². The van der Waals surface area contributed by atoms with Gasteiger partial charge in [0.1, 0.15) is 5.75 Å². The fourth-order valence-corrected chi connectivity index (χ4v) is 2.30. The van der Waals surface area contributed by atoms with Crippen molar-refractivity contribution in [2.75, 3.05) is 7.11 Å². The molecule has 1 aliphatic carbocycles. The van der Waals surface area contributed by atoms with Crippen LogP contribution in [0.4, 0.5) is 0 Å². The summed E-state index contributed by atoms with van der Waals surface area (Å²) < 4.78 is 5.18. The molecule has 2 rings (SSSR count). The number of nitrogens with two attached hydrogens (primary N) is 1. The average molecular weight is 206 g/mol. The molecule has 0 amide bonds. The lowest BCUT2D eigenvalue weighted by Crippen LogP contribution is -2.26. The third-order valence-corrected chi connectivity index (χ3v) is 3.16. The van der Waals surface area contributed by atoms with Gasteiger partial charge in [0.15, 0.2) is 0 Å². The minimum absolute atomic E-state index is 0.356. The van der Waals surface area contributed by atoms with Crippen LogP contribution in [-0.4, -0.2) is 18.1 Å². The highest BCUT2D eigenvalue weighted by atomic mass is 16.5. The smallest absolute Gasteiger partial charge is 0.137 e. The van der Waals surface area contributed by atoms with Crippen LogP contribution in [0.5, 0.6) is 5.75 Å². The maximum absolute atomic E-state index is 5.98. The molecule has 0 saturated heterocycles. The van der Waals surface area contributed by atoms with E-state index in [-0.39, 0.29) is 0 Å². The number of rotatable bonds is 2. The zero-order valence-corrected chi connectivity index (χ0v) is 9.15. The quantitative estimate of drug-likeness (QED) is 0.806. The molecule has 2 atom stereocenters. The van der Waals surface area contributed by atoms with Crippen LogP contribution in [0.3, 0.4) is 0 Å². The fraction of sp³-hybridized carbons (Fsp3) is 0.583. The van der Waals surface area contributed by atoms with Crippen molar-refractivity contribution in [2.45, 2.75) is 37.6 Å². The van der Waals surface area contributed by atoms with Gasteiger partial charge >= 0.3 is 0 Å². The van der Waals surface area contributed by atoms with Crippen molar-refractivity contribution in [1.29, 1.82) is 0 Å². The van der Waals surface area contributed by atoms with E-state index in [2.05, 4.69) is 11.1 Å². The molecule has 1 heterocycles. The van der Waals surface area contributed by atoms with Gasteiger partial charge in [-0.05, 0) is 36.8 Å². The van der Waals surface area contributed by atoms with Crippen molar-refractivity contribution >= 4 is 0 Å². The van der Waals surface area contributed by atoms with Crippen LogP contribution < -0.4 is 10.5 Å². The first-order chi connectivity index (χ1) is 7.29. The number of aromatic nitrogens is 1. The lowest BCUT2D eigenvalue weighted by atomic mass is 9.82. The summed E-state index contributed by atoms with van der Waals surface area (Å²) in [4.78, 5) is 4.19. The van der Waals surface area contributed by atoms with Crippen LogP contribution in [0.1, 0.15) is 37.2 Å². The number of hydrogen-bond donors (Lipinski definition) is 1. The van der Waals surface area contributed by atoms with Gasteiger partial charge in [-0.2, -0.15) is 0 Å².